The molecule has 128 valence electrons. The summed E-state index contributed by atoms with van der Waals surface area (Å²) in [4.78, 5) is 17.4. The summed E-state index contributed by atoms with van der Waals surface area (Å²) in [6.07, 6.45) is 2.51. The van der Waals surface area contributed by atoms with E-state index in [1.807, 2.05) is 36.4 Å². The van der Waals surface area contributed by atoms with Gasteiger partial charge in [-0.25, -0.2) is 15.0 Å². The van der Waals surface area contributed by atoms with Crippen molar-refractivity contribution < 1.29 is 0 Å². The first-order valence-electron chi connectivity index (χ1n) is 8.61. The molecule has 0 aliphatic carbocycles. The average molecular weight is 334 g/mol. The lowest BCUT2D eigenvalue weighted by atomic mass is 10.0. The van der Waals surface area contributed by atoms with E-state index >= 15 is 0 Å². The zero-order chi connectivity index (χ0) is 17.4. The highest BCUT2D eigenvalue weighted by molar-refractivity contribution is 5.75. The molecule has 0 spiro atoms. The molecule has 0 radical (unpaired) electrons. The molecule has 1 unspecified atom stereocenters. The van der Waals surface area contributed by atoms with Crippen LogP contribution in [-0.4, -0.2) is 30.5 Å². The van der Waals surface area contributed by atoms with Crippen LogP contribution in [0, 0.1) is 5.92 Å². The Hall–Kier alpha value is -2.73. The van der Waals surface area contributed by atoms with Gasteiger partial charge in [0.05, 0.1) is 17.6 Å². The second kappa shape index (κ2) is 6.29. The lowest BCUT2D eigenvalue weighted by molar-refractivity contribution is 0.474. The van der Waals surface area contributed by atoms with Crippen molar-refractivity contribution in [3.63, 3.8) is 0 Å². The average Bonchev–Trinajstić information content (AvgIpc) is 3.16. The molecular formula is C19H22N6. The number of para-hydroxylation sites is 2. The minimum atomic E-state index is 0.0613. The highest BCUT2D eigenvalue weighted by Gasteiger charge is 2.17. The maximum atomic E-state index is 6.30. The highest BCUT2D eigenvalue weighted by Crippen LogP contribution is 2.19. The normalized spacial score (nSPS) is 13.1. The zero-order valence-electron chi connectivity index (χ0n) is 14.5. The number of aromatic amines is 1. The monoisotopic (exact) mass is 334 g/mol. The molecule has 6 heteroatoms. The highest BCUT2D eigenvalue weighted by atomic mass is 15.1. The van der Waals surface area contributed by atoms with Gasteiger partial charge in [-0.05, 0) is 30.2 Å². The number of H-pyrrole nitrogens is 1. The Morgan fingerprint density at radius 3 is 2.68 bits per heavy atom. The number of nitrogens with two attached hydrogens (primary N) is 1. The van der Waals surface area contributed by atoms with E-state index in [4.69, 9.17) is 10.7 Å². The number of aromatic nitrogens is 5. The van der Waals surface area contributed by atoms with Gasteiger partial charge in [-0.15, -0.1) is 0 Å². The molecule has 0 saturated carbocycles. The third-order valence-corrected chi connectivity index (χ3v) is 4.60. The molecule has 1 aromatic carbocycles. The van der Waals surface area contributed by atoms with Gasteiger partial charge in [0.2, 0.25) is 0 Å². The molecule has 3 heterocycles. The predicted octanol–water partition coefficient (Wildman–Crippen LogP) is 2.88. The SMILES string of the molecule is CC(C)C(N)Cc1nc2cccnc2n1Cc1nc2ccccc2[nH]1. The molecule has 4 rings (SSSR count). The molecule has 25 heavy (non-hydrogen) atoms. The summed E-state index contributed by atoms with van der Waals surface area (Å²) in [7, 11) is 0. The Labute approximate surface area is 146 Å². The maximum absolute atomic E-state index is 6.30. The molecule has 1 atom stereocenters. The first-order valence-corrected chi connectivity index (χ1v) is 8.61. The van der Waals surface area contributed by atoms with Crippen molar-refractivity contribution in [1.29, 1.82) is 0 Å². The van der Waals surface area contributed by atoms with Gasteiger partial charge in [0.25, 0.3) is 0 Å². The van der Waals surface area contributed by atoms with Crippen molar-refractivity contribution >= 4 is 22.2 Å². The molecule has 3 aromatic heterocycles. The van der Waals surface area contributed by atoms with E-state index in [2.05, 4.69) is 33.4 Å². The van der Waals surface area contributed by atoms with E-state index in [0.29, 0.717) is 18.9 Å². The largest absolute Gasteiger partial charge is 0.340 e. The Kier molecular flexibility index (Phi) is 3.97. The van der Waals surface area contributed by atoms with Gasteiger partial charge in [-0.3, -0.25) is 0 Å². The van der Waals surface area contributed by atoms with Crippen molar-refractivity contribution in [1.82, 2.24) is 24.5 Å². The van der Waals surface area contributed by atoms with E-state index in [0.717, 1.165) is 33.8 Å². The maximum Gasteiger partial charge on any atom is 0.160 e. The molecule has 4 aromatic rings. The summed E-state index contributed by atoms with van der Waals surface area (Å²) in [5.41, 5.74) is 10.1. The first kappa shape index (κ1) is 15.8. The van der Waals surface area contributed by atoms with Crippen LogP contribution in [0.2, 0.25) is 0 Å². The quantitative estimate of drug-likeness (QED) is 0.588. The molecule has 6 nitrogen and oxygen atoms in total. The number of rotatable bonds is 5. The fourth-order valence-electron chi connectivity index (χ4n) is 3.00. The van der Waals surface area contributed by atoms with Crippen LogP contribution in [0.4, 0.5) is 0 Å². The second-order valence-corrected chi connectivity index (χ2v) is 6.77. The third-order valence-electron chi connectivity index (χ3n) is 4.60. The van der Waals surface area contributed by atoms with Crippen LogP contribution in [0.3, 0.4) is 0 Å². The predicted molar refractivity (Wildman–Crippen MR) is 99.2 cm³/mol. The van der Waals surface area contributed by atoms with E-state index in [9.17, 15) is 0 Å². The van der Waals surface area contributed by atoms with E-state index in [-0.39, 0.29) is 6.04 Å². The van der Waals surface area contributed by atoms with Gasteiger partial charge < -0.3 is 15.3 Å². The van der Waals surface area contributed by atoms with Crippen LogP contribution in [0.1, 0.15) is 25.5 Å². The lowest BCUT2D eigenvalue weighted by Crippen LogP contribution is -2.30. The minimum Gasteiger partial charge on any atom is -0.340 e. The van der Waals surface area contributed by atoms with Crippen molar-refractivity contribution in [2.45, 2.75) is 32.9 Å². The molecule has 0 aliphatic heterocycles. The first-order chi connectivity index (χ1) is 12.1. The van der Waals surface area contributed by atoms with Crippen LogP contribution in [-0.2, 0) is 13.0 Å². The number of hydrogen-bond donors (Lipinski definition) is 2. The summed E-state index contributed by atoms with van der Waals surface area (Å²) in [5, 5.41) is 0. The zero-order valence-corrected chi connectivity index (χ0v) is 14.5. The number of nitrogens with zero attached hydrogens (tertiary/aromatic N) is 4. The van der Waals surface area contributed by atoms with Gasteiger partial charge in [-0.2, -0.15) is 0 Å². The topological polar surface area (TPSA) is 85.4 Å². The Balaban J connectivity index is 1.76. The van der Waals surface area contributed by atoms with Crippen LogP contribution in [0.25, 0.3) is 22.2 Å². The van der Waals surface area contributed by atoms with Gasteiger partial charge in [0.1, 0.15) is 17.2 Å². The van der Waals surface area contributed by atoms with Crippen LogP contribution in [0.5, 0.6) is 0 Å². The standard InChI is InChI=1S/C19H22N6/c1-12(2)13(20)10-18-24-16-8-5-9-21-19(16)25(18)11-17-22-14-6-3-4-7-15(14)23-17/h3-9,12-13H,10-11,20H2,1-2H3,(H,22,23). The van der Waals surface area contributed by atoms with Gasteiger partial charge >= 0.3 is 0 Å². The number of nitrogens with one attached hydrogen (secondary N) is 1. The summed E-state index contributed by atoms with van der Waals surface area (Å²) < 4.78 is 2.12. The minimum absolute atomic E-state index is 0.0613. The van der Waals surface area contributed by atoms with Crippen LogP contribution < -0.4 is 5.73 Å². The van der Waals surface area contributed by atoms with Gasteiger partial charge in [-0.1, -0.05) is 26.0 Å². The number of imidazole rings is 2. The number of benzene rings is 1. The van der Waals surface area contributed by atoms with Crippen LogP contribution in [0.15, 0.2) is 42.6 Å². The van der Waals surface area contributed by atoms with Crippen LogP contribution >= 0.6 is 0 Å². The number of hydrogen-bond acceptors (Lipinski definition) is 4. The molecule has 3 N–H and O–H groups in total. The van der Waals surface area contributed by atoms with Gasteiger partial charge in [0, 0.05) is 18.7 Å². The van der Waals surface area contributed by atoms with Crippen molar-refractivity contribution in [2.24, 2.45) is 11.7 Å². The Bertz CT molecular complexity index is 980. The van der Waals surface area contributed by atoms with E-state index in [1.54, 1.807) is 6.20 Å². The summed E-state index contributed by atoms with van der Waals surface area (Å²) >= 11 is 0. The fourth-order valence-corrected chi connectivity index (χ4v) is 3.00. The smallest absolute Gasteiger partial charge is 0.160 e. The van der Waals surface area contributed by atoms with Crippen molar-refractivity contribution in [3.05, 3.63) is 54.2 Å². The summed E-state index contributed by atoms with van der Waals surface area (Å²) in [5.74, 6) is 2.24. The summed E-state index contributed by atoms with van der Waals surface area (Å²) in [6.45, 7) is 4.87. The number of fused-ring (bicyclic) bond motifs is 2. The molecular weight excluding hydrogens is 312 g/mol. The van der Waals surface area contributed by atoms with Gasteiger partial charge in [0.15, 0.2) is 5.65 Å². The van der Waals surface area contributed by atoms with E-state index < -0.39 is 0 Å². The van der Waals surface area contributed by atoms with Crippen molar-refractivity contribution in [2.75, 3.05) is 0 Å². The molecule has 0 bridgehead atoms. The Morgan fingerprint density at radius 1 is 1.08 bits per heavy atom. The number of pyridine rings is 1. The summed E-state index contributed by atoms with van der Waals surface area (Å²) in [6, 6.07) is 12.0. The van der Waals surface area contributed by atoms with E-state index in [1.165, 1.54) is 0 Å². The molecule has 0 aliphatic rings. The second-order valence-electron chi connectivity index (χ2n) is 6.77. The Morgan fingerprint density at radius 2 is 1.88 bits per heavy atom. The van der Waals surface area contributed by atoms with Crippen molar-refractivity contribution in [3.8, 4) is 0 Å². The molecule has 0 amide bonds. The third kappa shape index (κ3) is 3.00. The molecule has 0 saturated heterocycles. The lowest BCUT2D eigenvalue weighted by Gasteiger charge is -2.15. The molecule has 0 fully saturated rings. The fraction of sp³-hybridized carbons (Fsp3) is 0.316.